The van der Waals surface area contributed by atoms with Crippen LogP contribution in [0.3, 0.4) is 0 Å². The molecule has 156 valence electrons. The number of fused-ring (bicyclic) bond motifs is 2. The van der Waals surface area contributed by atoms with Crippen LogP contribution in [0.5, 0.6) is 0 Å². The van der Waals surface area contributed by atoms with Gasteiger partial charge in [-0.1, -0.05) is 86.2 Å². The van der Waals surface area contributed by atoms with Gasteiger partial charge in [0.2, 0.25) is 0 Å². The Bertz CT molecular complexity index is 1180. The number of hydrogen-bond acceptors (Lipinski definition) is 3. The van der Waals surface area contributed by atoms with Gasteiger partial charge < -0.3 is 10.2 Å². The first-order valence-electron chi connectivity index (χ1n) is 11.3. The van der Waals surface area contributed by atoms with Crippen molar-refractivity contribution in [3.05, 3.63) is 102 Å². The summed E-state index contributed by atoms with van der Waals surface area (Å²) in [6.07, 6.45) is 8.99. The molecule has 0 aromatic heterocycles. The maximum absolute atomic E-state index is 5.33. The number of hydrogen-bond donors (Lipinski definition) is 1. The largest absolute Gasteiger partial charge is 0.376 e. The summed E-state index contributed by atoms with van der Waals surface area (Å²) in [6, 6.07) is 23.9. The highest BCUT2D eigenvalue weighted by Crippen LogP contribution is 2.34. The average Bonchev–Trinajstić information content (AvgIpc) is 3.18. The quantitative estimate of drug-likeness (QED) is 0.518. The summed E-state index contributed by atoms with van der Waals surface area (Å²) in [7, 11) is 0. The van der Waals surface area contributed by atoms with Gasteiger partial charge in [0.15, 0.2) is 0 Å². The van der Waals surface area contributed by atoms with Gasteiger partial charge in [-0.2, -0.15) is 0 Å². The van der Waals surface area contributed by atoms with Crippen LogP contribution < -0.4 is 5.32 Å². The predicted octanol–water partition coefficient (Wildman–Crippen LogP) is 6.31. The first kappa shape index (κ1) is 19.6. The van der Waals surface area contributed by atoms with Crippen LogP contribution in [0.2, 0.25) is 0 Å². The SMILES string of the molecule is CCCCN1C2=CC=CC(Nc3ccccc3C)C2N=C1c1cccc2ccccc12. The number of benzene rings is 3. The lowest BCUT2D eigenvalue weighted by atomic mass is 9.99. The molecule has 1 N–H and O–H groups in total. The van der Waals surface area contributed by atoms with E-state index in [2.05, 4.69) is 109 Å². The maximum atomic E-state index is 5.33. The molecule has 1 aliphatic heterocycles. The van der Waals surface area contributed by atoms with E-state index in [9.17, 15) is 0 Å². The van der Waals surface area contributed by atoms with Gasteiger partial charge in [0.25, 0.3) is 0 Å². The Balaban J connectivity index is 1.56. The highest BCUT2D eigenvalue weighted by Gasteiger charge is 2.37. The van der Waals surface area contributed by atoms with Gasteiger partial charge in [0, 0.05) is 23.5 Å². The normalized spacial score (nSPS) is 19.9. The van der Waals surface area contributed by atoms with Crippen molar-refractivity contribution in [2.24, 2.45) is 4.99 Å². The van der Waals surface area contributed by atoms with E-state index in [0.29, 0.717) is 0 Å². The molecule has 2 atom stereocenters. The summed E-state index contributed by atoms with van der Waals surface area (Å²) in [4.78, 5) is 7.78. The summed E-state index contributed by atoms with van der Waals surface area (Å²) in [5, 5.41) is 6.27. The molecule has 5 rings (SSSR count). The third kappa shape index (κ3) is 3.65. The summed E-state index contributed by atoms with van der Waals surface area (Å²) in [6.45, 7) is 5.39. The lowest BCUT2D eigenvalue weighted by Gasteiger charge is -2.29. The van der Waals surface area contributed by atoms with Crippen molar-refractivity contribution >= 4 is 22.3 Å². The standard InChI is InChI=1S/C28H29N3/c1-3-4-19-31-26-18-10-17-25(29-24-16-8-5-11-20(24)2)27(26)30-28(31)23-15-9-13-21-12-6-7-14-22(21)23/h5-18,25,27,29H,3-4,19H2,1-2H3. The summed E-state index contributed by atoms with van der Waals surface area (Å²) >= 11 is 0. The molecule has 0 amide bonds. The molecule has 0 saturated carbocycles. The summed E-state index contributed by atoms with van der Waals surface area (Å²) in [5.74, 6) is 1.10. The molecule has 0 radical (unpaired) electrons. The van der Waals surface area contributed by atoms with Crippen LogP contribution in [0, 0.1) is 6.92 Å². The molecule has 2 unspecified atom stereocenters. The molecule has 1 aliphatic carbocycles. The van der Waals surface area contributed by atoms with Gasteiger partial charge in [-0.05, 0) is 41.8 Å². The van der Waals surface area contributed by atoms with Crippen LogP contribution in [0.25, 0.3) is 10.8 Å². The minimum absolute atomic E-state index is 0.0791. The van der Waals surface area contributed by atoms with Gasteiger partial charge in [-0.25, -0.2) is 0 Å². The molecule has 0 spiro atoms. The Morgan fingerprint density at radius 1 is 0.968 bits per heavy atom. The minimum Gasteiger partial charge on any atom is -0.376 e. The summed E-state index contributed by atoms with van der Waals surface area (Å²) in [5.41, 5.74) is 4.95. The molecule has 3 aromatic carbocycles. The molecule has 2 aliphatic rings. The molecule has 3 nitrogen and oxygen atoms in total. The Hall–Kier alpha value is -3.33. The zero-order valence-corrected chi connectivity index (χ0v) is 18.3. The van der Waals surface area contributed by atoms with E-state index in [1.807, 2.05) is 0 Å². The van der Waals surface area contributed by atoms with E-state index >= 15 is 0 Å². The third-order valence-corrected chi connectivity index (χ3v) is 6.29. The van der Waals surface area contributed by atoms with E-state index in [1.54, 1.807) is 0 Å². The number of aliphatic imine (C=N–C) groups is 1. The van der Waals surface area contributed by atoms with Crippen LogP contribution in [0.4, 0.5) is 5.69 Å². The summed E-state index contributed by atoms with van der Waals surface area (Å²) < 4.78 is 0. The lowest BCUT2D eigenvalue weighted by molar-refractivity contribution is 0.479. The van der Waals surface area contributed by atoms with Crippen molar-refractivity contribution in [2.45, 2.75) is 38.8 Å². The molecular formula is C28H29N3. The fourth-order valence-electron chi connectivity index (χ4n) is 4.61. The number of aryl methyl sites for hydroxylation is 1. The van der Waals surface area contributed by atoms with Crippen molar-refractivity contribution in [3.63, 3.8) is 0 Å². The van der Waals surface area contributed by atoms with Gasteiger partial charge in [-0.3, -0.25) is 4.99 Å². The maximum Gasteiger partial charge on any atom is 0.136 e. The van der Waals surface area contributed by atoms with Crippen molar-refractivity contribution in [2.75, 3.05) is 11.9 Å². The van der Waals surface area contributed by atoms with E-state index in [4.69, 9.17) is 4.99 Å². The Morgan fingerprint density at radius 3 is 2.65 bits per heavy atom. The van der Waals surface area contributed by atoms with E-state index in [0.717, 1.165) is 25.2 Å². The number of nitrogens with zero attached hydrogens (tertiary/aromatic N) is 2. The third-order valence-electron chi connectivity index (χ3n) is 6.29. The Labute approximate surface area is 184 Å². The van der Waals surface area contributed by atoms with Crippen LogP contribution in [-0.2, 0) is 0 Å². The van der Waals surface area contributed by atoms with Crippen LogP contribution in [0.1, 0.15) is 30.9 Å². The van der Waals surface area contributed by atoms with E-state index in [1.165, 1.54) is 33.3 Å². The van der Waals surface area contributed by atoms with Crippen molar-refractivity contribution < 1.29 is 0 Å². The molecule has 0 saturated heterocycles. The zero-order valence-electron chi connectivity index (χ0n) is 18.3. The number of nitrogens with one attached hydrogen (secondary N) is 1. The second-order valence-electron chi connectivity index (χ2n) is 8.39. The Kier molecular flexibility index (Phi) is 5.33. The van der Waals surface area contributed by atoms with Crippen LogP contribution in [0.15, 0.2) is 95.6 Å². The Morgan fingerprint density at radius 2 is 1.77 bits per heavy atom. The number of unbranched alkanes of at least 4 members (excludes halogenated alkanes) is 1. The molecule has 0 bridgehead atoms. The first-order valence-corrected chi connectivity index (χ1v) is 11.3. The predicted molar refractivity (Wildman–Crippen MR) is 132 cm³/mol. The fraction of sp³-hybridized carbons (Fsp3) is 0.250. The van der Waals surface area contributed by atoms with Crippen molar-refractivity contribution in [3.8, 4) is 0 Å². The smallest absolute Gasteiger partial charge is 0.136 e. The second kappa shape index (κ2) is 8.43. The number of rotatable bonds is 6. The highest BCUT2D eigenvalue weighted by atomic mass is 15.3. The van der Waals surface area contributed by atoms with Gasteiger partial charge in [-0.15, -0.1) is 0 Å². The van der Waals surface area contributed by atoms with Crippen LogP contribution in [-0.4, -0.2) is 29.4 Å². The molecule has 31 heavy (non-hydrogen) atoms. The highest BCUT2D eigenvalue weighted by molar-refractivity contribution is 6.11. The molecule has 1 heterocycles. The van der Waals surface area contributed by atoms with Crippen molar-refractivity contribution in [1.29, 1.82) is 0 Å². The lowest BCUT2D eigenvalue weighted by Crippen LogP contribution is -2.36. The van der Waals surface area contributed by atoms with E-state index in [-0.39, 0.29) is 12.1 Å². The number of allylic oxidation sites excluding steroid dienone is 2. The fourth-order valence-corrected chi connectivity index (χ4v) is 4.61. The zero-order chi connectivity index (χ0) is 21.2. The van der Waals surface area contributed by atoms with Gasteiger partial charge in [0.05, 0.1) is 6.04 Å². The van der Waals surface area contributed by atoms with Gasteiger partial charge in [0.1, 0.15) is 11.9 Å². The molecule has 3 aromatic rings. The number of para-hydroxylation sites is 1. The van der Waals surface area contributed by atoms with Gasteiger partial charge >= 0.3 is 0 Å². The second-order valence-corrected chi connectivity index (χ2v) is 8.39. The van der Waals surface area contributed by atoms with E-state index < -0.39 is 0 Å². The first-order chi connectivity index (χ1) is 15.3. The number of anilines is 1. The number of amidine groups is 1. The average molecular weight is 408 g/mol. The minimum atomic E-state index is 0.0791. The van der Waals surface area contributed by atoms with Crippen molar-refractivity contribution in [1.82, 2.24) is 4.90 Å². The monoisotopic (exact) mass is 407 g/mol. The molecule has 0 fully saturated rings. The topological polar surface area (TPSA) is 27.6 Å². The van der Waals surface area contributed by atoms with Crippen LogP contribution >= 0.6 is 0 Å². The molecular weight excluding hydrogens is 378 g/mol. The molecule has 3 heteroatoms.